The Hall–Kier alpha value is 0.679. The van der Waals surface area contributed by atoms with Crippen molar-refractivity contribution in [2.75, 3.05) is 21.3 Å². The maximum atomic E-state index is 5.24. The van der Waals surface area contributed by atoms with Crippen molar-refractivity contribution in [1.29, 1.82) is 0 Å². The Morgan fingerprint density at radius 1 is 1.00 bits per heavy atom. The molecule has 0 aromatic heterocycles. The molecule has 0 bridgehead atoms. The van der Waals surface area contributed by atoms with Crippen molar-refractivity contribution in [2.24, 2.45) is 0 Å². The van der Waals surface area contributed by atoms with Gasteiger partial charge in [-0.2, -0.15) is 0 Å². The second kappa shape index (κ2) is 5.34. The molecule has 0 aromatic carbocycles. The summed E-state index contributed by atoms with van der Waals surface area (Å²) in [6, 6.07) is 0. The average molecular weight is 255 g/mol. The van der Waals surface area contributed by atoms with Crippen LogP contribution in [0.15, 0.2) is 0 Å². The average Bonchev–Trinajstić information content (AvgIpc) is 2.01. The molecule has 0 aliphatic rings. The van der Waals surface area contributed by atoms with Crippen LogP contribution in [-0.4, -0.2) is 40.9 Å². The summed E-state index contributed by atoms with van der Waals surface area (Å²) in [7, 11) is 5.00. The fraction of sp³-hybridized carbons (Fsp3) is 1.00. The fourth-order valence-electron chi connectivity index (χ4n) is 0.862. The molecule has 3 nitrogen and oxygen atoms in total. The molecular weight excluding hydrogens is 239 g/mol. The number of rotatable bonds is 5. The fourth-order valence-corrected chi connectivity index (χ4v) is 5.78. The Morgan fingerprint density at radius 3 is 1.50 bits per heavy atom. The summed E-state index contributed by atoms with van der Waals surface area (Å²) < 4.78 is 16.7. The summed E-state index contributed by atoms with van der Waals surface area (Å²) in [5, 5.41) is 0. The SMILES string of the molecule is CC[CH2][Sn]([O]C)([O]C)[O]C. The second-order valence-electron chi connectivity index (χ2n) is 2.05. The van der Waals surface area contributed by atoms with Gasteiger partial charge in [0.05, 0.1) is 0 Å². The van der Waals surface area contributed by atoms with Crippen LogP contribution < -0.4 is 0 Å². The molecule has 4 heteroatoms. The molecule has 10 heavy (non-hydrogen) atoms. The molecule has 0 saturated heterocycles. The van der Waals surface area contributed by atoms with Crippen molar-refractivity contribution in [2.45, 2.75) is 17.8 Å². The van der Waals surface area contributed by atoms with Crippen LogP contribution in [0.5, 0.6) is 0 Å². The molecule has 0 radical (unpaired) electrons. The van der Waals surface area contributed by atoms with Crippen LogP contribution in [0.1, 0.15) is 13.3 Å². The van der Waals surface area contributed by atoms with Gasteiger partial charge < -0.3 is 0 Å². The minimum atomic E-state index is -2.93. The quantitative estimate of drug-likeness (QED) is 0.692. The van der Waals surface area contributed by atoms with E-state index in [9.17, 15) is 0 Å². The van der Waals surface area contributed by atoms with E-state index in [1.54, 1.807) is 21.3 Å². The molecular formula is C6H16O3Sn. The summed E-state index contributed by atoms with van der Waals surface area (Å²) >= 11 is -2.93. The number of hydrogen-bond acceptors (Lipinski definition) is 3. The molecule has 0 aromatic rings. The first-order valence-electron chi connectivity index (χ1n) is 3.40. The van der Waals surface area contributed by atoms with Gasteiger partial charge in [0.1, 0.15) is 0 Å². The molecule has 0 aliphatic carbocycles. The summed E-state index contributed by atoms with van der Waals surface area (Å²) in [5.41, 5.74) is 0. The molecule has 0 N–H and O–H groups in total. The van der Waals surface area contributed by atoms with Gasteiger partial charge in [0, 0.05) is 0 Å². The Kier molecular flexibility index (Phi) is 5.71. The first kappa shape index (κ1) is 10.7. The van der Waals surface area contributed by atoms with E-state index in [0.29, 0.717) is 0 Å². The maximum absolute atomic E-state index is 5.24. The predicted octanol–water partition coefficient (Wildman–Crippen LogP) is 1.27. The van der Waals surface area contributed by atoms with Gasteiger partial charge >= 0.3 is 68.0 Å². The standard InChI is InChI=1S/C3H7.3CH3O.Sn/c1-3-2;3*1-2;/h1,3H2,2H3;3*1H3;/q;3*-1;+3. The third-order valence-corrected chi connectivity index (χ3v) is 9.99. The zero-order valence-corrected chi connectivity index (χ0v) is 9.99. The van der Waals surface area contributed by atoms with E-state index in [-0.39, 0.29) is 0 Å². The monoisotopic (exact) mass is 256 g/mol. The molecule has 0 aliphatic heterocycles. The normalized spacial score (nSPS) is 12.0. The summed E-state index contributed by atoms with van der Waals surface area (Å²) in [6.45, 7) is 2.10. The van der Waals surface area contributed by atoms with Crippen LogP contribution >= 0.6 is 0 Å². The Labute approximate surface area is 68.2 Å². The molecule has 0 rings (SSSR count). The van der Waals surface area contributed by atoms with Crippen LogP contribution in [-0.2, 0) is 9.22 Å². The topological polar surface area (TPSA) is 27.7 Å². The molecule has 0 amide bonds. The van der Waals surface area contributed by atoms with E-state index >= 15 is 0 Å². The molecule has 62 valence electrons. The van der Waals surface area contributed by atoms with Crippen LogP contribution in [0.4, 0.5) is 0 Å². The molecule has 0 fully saturated rings. The van der Waals surface area contributed by atoms with Gasteiger partial charge in [0.25, 0.3) is 0 Å². The first-order valence-corrected chi connectivity index (χ1v) is 8.91. The van der Waals surface area contributed by atoms with Crippen LogP contribution in [0.25, 0.3) is 0 Å². The Bertz CT molecular complexity index is 74.8. The van der Waals surface area contributed by atoms with Crippen molar-refractivity contribution in [3.63, 3.8) is 0 Å². The summed E-state index contributed by atoms with van der Waals surface area (Å²) in [6.07, 6.45) is 1.06. The Morgan fingerprint density at radius 2 is 1.40 bits per heavy atom. The van der Waals surface area contributed by atoms with E-state index in [2.05, 4.69) is 6.92 Å². The van der Waals surface area contributed by atoms with Gasteiger partial charge in [-0.15, -0.1) is 0 Å². The summed E-state index contributed by atoms with van der Waals surface area (Å²) in [4.78, 5) is 0. The van der Waals surface area contributed by atoms with E-state index in [1.807, 2.05) is 0 Å². The van der Waals surface area contributed by atoms with Gasteiger partial charge in [-0.25, -0.2) is 0 Å². The van der Waals surface area contributed by atoms with Gasteiger partial charge in [-0.1, -0.05) is 0 Å². The van der Waals surface area contributed by atoms with Crippen LogP contribution in [0, 0.1) is 0 Å². The third-order valence-electron chi connectivity index (χ3n) is 1.49. The first-order chi connectivity index (χ1) is 4.74. The van der Waals surface area contributed by atoms with Crippen molar-refractivity contribution in [3.8, 4) is 0 Å². The van der Waals surface area contributed by atoms with E-state index in [4.69, 9.17) is 9.22 Å². The van der Waals surface area contributed by atoms with E-state index < -0.39 is 19.6 Å². The van der Waals surface area contributed by atoms with Gasteiger partial charge in [-0.3, -0.25) is 0 Å². The molecule has 0 unspecified atom stereocenters. The van der Waals surface area contributed by atoms with Crippen LogP contribution in [0.2, 0.25) is 4.44 Å². The minimum absolute atomic E-state index is 0.957. The van der Waals surface area contributed by atoms with Crippen molar-refractivity contribution in [1.82, 2.24) is 0 Å². The predicted molar refractivity (Wildman–Crippen MR) is 41.9 cm³/mol. The summed E-state index contributed by atoms with van der Waals surface area (Å²) in [5.74, 6) is 0. The van der Waals surface area contributed by atoms with E-state index in [1.165, 1.54) is 0 Å². The van der Waals surface area contributed by atoms with Gasteiger partial charge in [0.15, 0.2) is 0 Å². The molecule has 0 heterocycles. The molecule has 0 atom stereocenters. The number of hydrogen-bond donors (Lipinski definition) is 0. The molecule has 0 saturated carbocycles. The van der Waals surface area contributed by atoms with Gasteiger partial charge in [-0.05, 0) is 0 Å². The Balaban J connectivity index is 3.87. The van der Waals surface area contributed by atoms with Crippen molar-refractivity contribution < 1.29 is 9.22 Å². The molecule has 0 spiro atoms. The third kappa shape index (κ3) is 2.73. The zero-order chi connectivity index (χ0) is 8.04. The van der Waals surface area contributed by atoms with Crippen molar-refractivity contribution >= 4 is 19.6 Å². The zero-order valence-electron chi connectivity index (χ0n) is 7.14. The van der Waals surface area contributed by atoms with Crippen LogP contribution in [0.3, 0.4) is 0 Å². The van der Waals surface area contributed by atoms with Crippen molar-refractivity contribution in [3.05, 3.63) is 0 Å². The second-order valence-corrected chi connectivity index (χ2v) is 10.9. The van der Waals surface area contributed by atoms with E-state index in [0.717, 1.165) is 10.9 Å². The van der Waals surface area contributed by atoms with Gasteiger partial charge in [0.2, 0.25) is 0 Å².